The van der Waals surface area contributed by atoms with Crippen molar-refractivity contribution >= 4 is 16.7 Å². The molecule has 0 aliphatic carbocycles. The minimum absolute atomic E-state index is 0.0218. The van der Waals surface area contributed by atoms with Crippen LogP contribution in [0.3, 0.4) is 0 Å². The number of nitriles is 1. The quantitative estimate of drug-likeness (QED) is 0.418. The SMILES string of the molecule is Cc1ccc(C(c2cncc(F)c2)N2C[C@H](C)N(c3cc(=O)n(C)c4ccc(C#N)nc34)C[C@H]2C)cc1. The van der Waals surface area contributed by atoms with Crippen LogP contribution in [0.4, 0.5) is 10.1 Å². The molecule has 1 aliphatic rings. The van der Waals surface area contributed by atoms with Gasteiger partial charge in [-0.05, 0) is 50.1 Å². The Kier molecular flexibility index (Phi) is 6.48. The van der Waals surface area contributed by atoms with E-state index in [9.17, 15) is 14.4 Å². The second kappa shape index (κ2) is 9.75. The molecule has 0 amide bonds. The molecular formula is C29H29FN6O. The summed E-state index contributed by atoms with van der Waals surface area (Å²) >= 11 is 0. The number of rotatable bonds is 4. The maximum absolute atomic E-state index is 14.3. The number of halogens is 1. The highest BCUT2D eigenvalue weighted by Crippen LogP contribution is 2.36. The average Bonchev–Trinajstić information content (AvgIpc) is 2.89. The summed E-state index contributed by atoms with van der Waals surface area (Å²) in [5, 5.41) is 9.43. The fraction of sp³-hybridized carbons (Fsp3) is 0.310. The van der Waals surface area contributed by atoms with Crippen LogP contribution in [0.1, 0.15) is 42.3 Å². The molecule has 4 aromatic rings. The Balaban J connectivity index is 1.56. The van der Waals surface area contributed by atoms with Gasteiger partial charge in [-0.3, -0.25) is 14.7 Å². The molecule has 1 unspecified atom stereocenters. The van der Waals surface area contributed by atoms with Crippen molar-refractivity contribution in [2.75, 3.05) is 18.0 Å². The van der Waals surface area contributed by atoms with Crippen molar-refractivity contribution in [3.05, 3.63) is 99.5 Å². The monoisotopic (exact) mass is 496 g/mol. The second-order valence-electron chi connectivity index (χ2n) is 9.90. The van der Waals surface area contributed by atoms with Crippen molar-refractivity contribution in [3.8, 4) is 6.07 Å². The molecule has 0 N–H and O–H groups in total. The summed E-state index contributed by atoms with van der Waals surface area (Å²) < 4.78 is 15.8. The smallest absolute Gasteiger partial charge is 0.252 e. The fourth-order valence-electron chi connectivity index (χ4n) is 5.34. The predicted octanol–water partition coefficient (Wildman–Crippen LogP) is 4.34. The molecule has 5 rings (SSSR count). The van der Waals surface area contributed by atoms with Crippen LogP contribution in [0.5, 0.6) is 0 Å². The molecule has 8 heteroatoms. The number of aromatic nitrogens is 3. The van der Waals surface area contributed by atoms with Crippen LogP contribution in [0.2, 0.25) is 0 Å². The van der Waals surface area contributed by atoms with Crippen molar-refractivity contribution in [1.29, 1.82) is 5.26 Å². The van der Waals surface area contributed by atoms with E-state index in [2.05, 4.69) is 63.9 Å². The summed E-state index contributed by atoms with van der Waals surface area (Å²) in [6.45, 7) is 7.61. The number of pyridine rings is 3. The lowest BCUT2D eigenvalue weighted by Gasteiger charge is -2.48. The molecular weight excluding hydrogens is 467 g/mol. The van der Waals surface area contributed by atoms with Gasteiger partial charge in [-0.25, -0.2) is 9.37 Å². The number of piperazine rings is 1. The van der Waals surface area contributed by atoms with Gasteiger partial charge in [-0.15, -0.1) is 0 Å². The van der Waals surface area contributed by atoms with Crippen molar-refractivity contribution in [2.45, 2.75) is 38.9 Å². The minimum Gasteiger partial charge on any atom is -0.364 e. The van der Waals surface area contributed by atoms with Crippen LogP contribution in [-0.4, -0.2) is 44.6 Å². The number of hydrogen-bond donors (Lipinski definition) is 0. The van der Waals surface area contributed by atoms with Crippen LogP contribution in [0.15, 0.2) is 65.7 Å². The van der Waals surface area contributed by atoms with Gasteiger partial charge in [0.25, 0.3) is 5.56 Å². The fourth-order valence-corrected chi connectivity index (χ4v) is 5.34. The summed E-state index contributed by atoms with van der Waals surface area (Å²) in [5.74, 6) is -0.361. The van der Waals surface area contributed by atoms with Gasteiger partial charge in [-0.1, -0.05) is 29.8 Å². The molecule has 0 radical (unpaired) electrons. The molecule has 3 atom stereocenters. The van der Waals surface area contributed by atoms with Gasteiger partial charge in [-0.2, -0.15) is 5.26 Å². The molecule has 0 spiro atoms. The first-order valence-corrected chi connectivity index (χ1v) is 12.4. The lowest BCUT2D eigenvalue weighted by molar-refractivity contribution is 0.129. The van der Waals surface area contributed by atoms with Gasteiger partial charge < -0.3 is 9.47 Å². The van der Waals surface area contributed by atoms with Crippen molar-refractivity contribution in [3.63, 3.8) is 0 Å². The Labute approximate surface area is 215 Å². The molecule has 1 aromatic carbocycles. The molecule has 1 aliphatic heterocycles. The normalized spacial score (nSPS) is 19.1. The van der Waals surface area contributed by atoms with Crippen molar-refractivity contribution in [1.82, 2.24) is 19.4 Å². The van der Waals surface area contributed by atoms with Crippen LogP contribution in [0, 0.1) is 24.1 Å². The van der Waals surface area contributed by atoms with E-state index in [0.29, 0.717) is 29.8 Å². The molecule has 0 saturated carbocycles. The Hall–Kier alpha value is -4.09. The van der Waals surface area contributed by atoms with E-state index in [-0.39, 0.29) is 29.5 Å². The number of anilines is 1. The molecule has 37 heavy (non-hydrogen) atoms. The Morgan fingerprint density at radius 1 is 1.03 bits per heavy atom. The highest BCUT2D eigenvalue weighted by Gasteiger charge is 2.36. The van der Waals surface area contributed by atoms with Crippen LogP contribution in [-0.2, 0) is 7.05 Å². The minimum atomic E-state index is -0.361. The van der Waals surface area contributed by atoms with Gasteiger partial charge in [0, 0.05) is 44.5 Å². The maximum Gasteiger partial charge on any atom is 0.252 e. The molecule has 7 nitrogen and oxygen atoms in total. The number of nitrogens with zero attached hydrogens (tertiary/aromatic N) is 6. The first kappa shape index (κ1) is 24.6. The van der Waals surface area contributed by atoms with Gasteiger partial charge in [0.1, 0.15) is 23.1 Å². The average molecular weight is 497 g/mol. The Morgan fingerprint density at radius 2 is 1.78 bits per heavy atom. The first-order chi connectivity index (χ1) is 17.8. The third-order valence-corrected chi connectivity index (χ3v) is 7.29. The molecule has 0 bridgehead atoms. The first-order valence-electron chi connectivity index (χ1n) is 12.4. The van der Waals surface area contributed by atoms with E-state index in [0.717, 1.165) is 22.4 Å². The number of fused-ring (bicyclic) bond motifs is 1. The number of hydrogen-bond acceptors (Lipinski definition) is 6. The highest BCUT2D eigenvalue weighted by atomic mass is 19.1. The summed E-state index contributed by atoms with van der Waals surface area (Å²) in [6.07, 6.45) is 2.96. The predicted molar refractivity (Wildman–Crippen MR) is 142 cm³/mol. The summed E-state index contributed by atoms with van der Waals surface area (Å²) in [7, 11) is 1.71. The van der Waals surface area contributed by atoms with Crippen LogP contribution in [0.25, 0.3) is 11.0 Å². The lowest BCUT2D eigenvalue weighted by atomic mass is 9.93. The topological polar surface area (TPSA) is 78.0 Å². The molecule has 1 fully saturated rings. The molecule has 1 saturated heterocycles. The summed E-state index contributed by atoms with van der Waals surface area (Å²) in [5.41, 5.74) is 5.27. The maximum atomic E-state index is 14.3. The van der Waals surface area contributed by atoms with Gasteiger partial charge in [0.2, 0.25) is 0 Å². The van der Waals surface area contributed by atoms with E-state index >= 15 is 0 Å². The third-order valence-electron chi connectivity index (χ3n) is 7.29. The van der Waals surface area contributed by atoms with Crippen LogP contribution >= 0.6 is 0 Å². The second-order valence-corrected chi connectivity index (χ2v) is 9.90. The summed E-state index contributed by atoms with van der Waals surface area (Å²) in [6, 6.07) is 16.9. The highest BCUT2D eigenvalue weighted by molar-refractivity contribution is 5.89. The lowest BCUT2D eigenvalue weighted by Crippen LogP contribution is -2.57. The Morgan fingerprint density at radius 3 is 2.49 bits per heavy atom. The van der Waals surface area contributed by atoms with E-state index in [1.807, 2.05) is 6.92 Å². The van der Waals surface area contributed by atoms with Crippen molar-refractivity contribution in [2.24, 2.45) is 7.05 Å². The summed E-state index contributed by atoms with van der Waals surface area (Å²) in [4.78, 5) is 26.1. The molecule has 188 valence electrons. The number of benzene rings is 1. The third kappa shape index (κ3) is 4.58. The zero-order valence-electron chi connectivity index (χ0n) is 21.4. The molecule has 4 heterocycles. The zero-order chi connectivity index (χ0) is 26.3. The van der Waals surface area contributed by atoms with Crippen LogP contribution < -0.4 is 10.5 Å². The molecule has 3 aromatic heterocycles. The largest absolute Gasteiger partial charge is 0.364 e. The number of aryl methyl sites for hydroxylation is 2. The standard InChI is InChI=1S/C29H29FN6O/c1-18-5-7-21(8-6-18)29(22-11-23(30)15-32-14-22)36-17-19(2)35(16-20(36)3)26-12-27(37)34(4)25-10-9-24(13-31)33-28(25)26/h5-12,14-15,19-20,29H,16-17H2,1-4H3/t19-,20+,29?/m0/s1. The van der Waals surface area contributed by atoms with E-state index in [4.69, 9.17) is 0 Å². The van der Waals surface area contributed by atoms with Gasteiger partial charge in [0.05, 0.1) is 23.4 Å². The zero-order valence-corrected chi connectivity index (χ0v) is 21.4. The van der Waals surface area contributed by atoms with Crippen molar-refractivity contribution < 1.29 is 4.39 Å². The van der Waals surface area contributed by atoms with E-state index in [1.165, 1.54) is 6.20 Å². The van der Waals surface area contributed by atoms with Gasteiger partial charge >= 0.3 is 0 Å². The van der Waals surface area contributed by atoms with E-state index < -0.39 is 0 Å². The van der Waals surface area contributed by atoms with E-state index in [1.54, 1.807) is 42.1 Å². The Bertz CT molecular complexity index is 1560. The van der Waals surface area contributed by atoms with Gasteiger partial charge in [0.15, 0.2) is 0 Å².